The fraction of sp³-hybridized carbons (Fsp3) is 0.714. The third-order valence-electron chi connectivity index (χ3n) is 3.77. The Kier molecular flexibility index (Phi) is 4.42. The Balaban J connectivity index is 2.06. The summed E-state index contributed by atoms with van der Waals surface area (Å²) in [6.45, 7) is 5.69. The molecule has 1 aromatic rings. The highest BCUT2D eigenvalue weighted by molar-refractivity contribution is 7.07. The molecule has 0 saturated heterocycles. The first kappa shape index (κ1) is 12.1. The molecular weight excluding hydrogens is 214 g/mol. The highest BCUT2D eigenvalue weighted by Gasteiger charge is 2.27. The molecule has 0 radical (unpaired) electrons. The molecule has 90 valence electrons. The fourth-order valence-corrected chi connectivity index (χ4v) is 3.71. The van der Waals surface area contributed by atoms with Crippen molar-refractivity contribution in [1.29, 1.82) is 0 Å². The molecule has 16 heavy (non-hydrogen) atoms. The standard InChI is InChI=1S/C14H23NS/c1-3-15-14(13-7-8-16-10-13)12-6-4-5-11(2)9-12/h7-8,10-12,14-15H,3-6,9H2,1-2H3. The Morgan fingerprint density at radius 3 is 3.00 bits per heavy atom. The lowest BCUT2D eigenvalue weighted by molar-refractivity contribution is 0.225. The van der Waals surface area contributed by atoms with Crippen molar-refractivity contribution in [2.24, 2.45) is 11.8 Å². The zero-order chi connectivity index (χ0) is 11.4. The number of rotatable bonds is 4. The average molecular weight is 237 g/mol. The van der Waals surface area contributed by atoms with Crippen LogP contribution in [0.4, 0.5) is 0 Å². The number of hydrogen-bond acceptors (Lipinski definition) is 2. The molecule has 2 heteroatoms. The van der Waals surface area contributed by atoms with E-state index in [1.165, 1.54) is 31.2 Å². The molecule has 3 atom stereocenters. The molecule has 0 amide bonds. The van der Waals surface area contributed by atoms with Gasteiger partial charge in [-0.25, -0.2) is 0 Å². The van der Waals surface area contributed by atoms with Gasteiger partial charge in [-0.15, -0.1) is 0 Å². The molecule has 2 rings (SSSR count). The van der Waals surface area contributed by atoms with Gasteiger partial charge in [0.1, 0.15) is 0 Å². The van der Waals surface area contributed by atoms with E-state index in [0.29, 0.717) is 6.04 Å². The molecule has 0 spiro atoms. The second kappa shape index (κ2) is 5.83. The van der Waals surface area contributed by atoms with Crippen molar-refractivity contribution >= 4 is 11.3 Å². The summed E-state index contributed by atoms with van der Waals surface area (Å²) in [7, 11) is 0. The van der Waals surface area contributed by atoms with E-state index in [1.807, 2.05) is 11.3 Å². The molecule has 1 heterocycles. The lowest BCUT2D eigenvalue weighted by Crippen LogP contribution is -2.30. The van der Waals surface area contributed by atoms with Gasteiger partial charge in [-0.05, 0) is 53.6 Å². The predicted octanol–water partition coefficient (Wildman–Crippen LogP) is 4.23. The second-order valence-electron chi connectivity index (χ2n) is 5.12. The molecule has 0 aliphatic heterocycles. The third kappa shape index (κ3) is 2.86. The van der Waals surface area contributed by atoms with E-state index in [-0.39, 0.29) is 0 Å². The Morgan fingerprint density at radius 1 is 1.50 bits per heavy atom. The summed E-state index contributed by atoms with van der Waals surface area (Å²) in [5.41, 5.74) is 1.51. The van der Waals surface area contributed by atoms with Crippen LogP contribution >= 0.6 is 11.3 Å². The van der Waals surface area contributed by atoms with Crippen molar-refractivity contribution in [1.82, 2.24) is 5.32 Å². The van der Waals surface area contributed by atoms with Crippen molar-refractivity contribution in [3.8, 4) is 0 Å². The first-order valence-corrected chi connectivity index (χ1v) is 7.51. The van der Waals surface area contributed by atoms with Crippen LogP contribution in [0.15, 0.2) is 16.8 Å². The van der Waals surface area contributed by atoms with Gasteiger partial charge >= 0.3 is 0 Å². The Morgan fingerprint density at radius 2 is 2.38 bits per heavy atom. The molecule has 1 aliphatic rings. The van der Waals surface area contributed by atoms with Gasteiger partial charge < -0.3 is 5.32 Å². The van der Waals surface area contributed by atoms with Crippen LogP contribution in [0, 0.1) is 11.8 Å². The molecule has 1 aliphatic carbocycles. The van der Waals surface area contributed by atoms with E-state index in [1.54, 1.807) is 0 Å². The Bertz CT molecular complexity index is 294. The summed E-state index contributed by atoms with van der Waals surface area (Å²) in [5, 5.41) is 8.19. The summed E-state index contributed by atoms with van der Waals surface area (Å²) in [5.74, 6) is 1.76. The van der Waals surface area contributed by atoms with Crippen LogP contribution in [-0.2, 0) is 0 Å². The van der Waals surface area contributed by atoms with Crippen LogP contribution < -0.4 is 5.32 Å². The van der Waals surface area contributed by atoms with Gasteiger partial charge in [0.05, 0.1) is 0 Å². The summed E-state index contributed by atoms with van der Waals surface area (Å²) < 4.78 is 0. The van der Waals surface area contributed by atoms with Gasteiger partial charge in [0.15, 0.2) is 0 Å². The summed E-state index contributed by atoms with van der Waals surface area (Å²) in [4.78, 5) is 0. The topological polar surface area (TPSA) is 12.0 Å². The quantitative estimate of drug-likeness (QED) is 0.826. The van der Waals surface area contributed by atoms with Gasteiger partial charge in [0, 0.05) is 6.04 Å². The summed E-state index contributed by atoms with van der Waals surface area (Å²) >= 11 is 1.82. The normalized spacial score (nSPS) is 27.9. The zero-order valence-electron chi connectivity index (χ0n) is 10.4. The maximum atomic E-state index is 3.68. The molecule has 1 nitrogen and oxygen atoms in total. The van der Waals surface area contributed by atoms with Crippen molar-refractivity contribution in [3.63, 3.8) is 0 Å². The van der Waals surface area contributed by atoms with Crippen molar-refractivity contribution in [2.45, 2.75) is 45.6 Å². The minimum absolute atomic E-state index is 0.596. The Hall–Kier alpha value is -0.340. The van der Waals surface area contributed by atoms with E-state index in [0.717, 1.165) is 18.4 Å². The lowest BCUT2D eigenvalue weighted by atomic mass is 9.77. The molecule has 0 aromatic carbocycles. The van der Waals surface area contributed by atoms with Gasteiger partial charge in [-0.3, -0.25) is 0 Å². The molecule has 1 saturated carbocycles. The second-order valence-corrected chi connectivity index (χ2v) is 5.90. The van der Waals surface area contributed by atoms with Crippen LogP contribution in [0.3, 0.4) is 0 Å². The third-order valence-corrected chi connectivity index (χ3v) is 4.48. The maximum absolute atomic E-state index is 3.68. The summed E-state index contributed by atoms with van der Waals surface area (Å²) in [6.07, 6.45) is 5.64. The van der Waals surface area contributed by atoms with Crippen molar-refractivity contribution < 1.29 is 0 Å². The zero-order valence-corrected chi connectivity index (χ0v) is 11.2. The predicted molar refractivity (Wildman–Crippen MR) is 71.9 cm³/mol. The largest absolute Gasteiger partial charge is 0.310 e. The first-order chi connectivity index (χ1) is 7.81. The number of nitrogens with one attached hydrogen (secondary N) is 1. The van der Waals surface area contributed by atoms with E-state index in [4.69, 9.17) is 0 Å². The molecule has 0 bridgehead atoms. The molecular formula is C14H23NS. The smallest absolute Gasteiger partial charge is 0.0356 e. The van der Waals surface area contributed by atoms with Crippen LogP contribution in [-0.4, -0.2) is 6.54 Å². The first-order valence-electron chi connectivity index (χ1n) is 6.56. The fourth-order valence-electron chi connectivity index (χ4n) is 3.01. The number of thiophene rings is 1. The van der Waals surface area contributed by atoms with Crippen LogP contribution in [0.5, 0.6) is 0 Å². The van der Waals surface area contributed by atoms with Crippen LogP contribution in [0.2, 0.25) is 0 Å². The molecule has 3 unspecified atom stereocenters. The van der Waals surface area contributed by atoms with E-state index < -0.39 is 0 Å². The van der Waals surface area contributed by atoms with Gasteiger partial charge in [-0.2, -0.15) is 11.3 Å². The average Bonchev–Trinajstić information content (AvgIpc) is 2.79. The van der Waals surface area contributed by atoms with Gasteiger partial charge in [0.25, 0.3) is 0 Å². The van der Waals surface area contributed by atoms with Crippen molar-refractivity contribution in [2.75, 3.05) is 6.54 Å². The van der Waals surface area contributed by atoms with E-state index in [2.05, 4.69) is 36.0 Å². The van der Waals surface area contributed by atoms with E-state index >= 15 is 0 Å². The SMILES string of the molecule is CCNC(c1ccsc1)C1CCCC(C)C1. The Labute approximate surface area is 103 Å². The summed E-state index contributed by atoms with van der Waals surface area (Å²) in [6, 6.07) is 2.89. The minimum Gasteiger partial charge on any atom is -0.310 e. The van der Waals surface area contributed by atoms with Crippen LogP contribution in [0.25, 0.3) is 0 Å². The highest BCUT2D eigenvalue weighted by atomic mass is 32.1. The molecule has 1 fully saturated rings. The monoisotopic (exact) mass is 237 g/mol. The highest BCUT2D eigenvalue weighted by Crippen LogP contribution is 2.37. The van der Waals surface area contributed by atoms with E-state index in [9.17, 15) is 0 Å². The lowest BCUT2D eigenvalue weighted by Gasteiger charge is -2.33. The van der Waals surface area contributed by atoms with Gasteiger partial charge in [-0.1, -0.05) is 26.7 Å². The minimum atomic E-state index is 0.596. The molecule has 1 N–H and O–H groups in total. The van der Waals surface area contributed by atoms with Crippen molar-refractivity contribution in [3.05, 3.63) is 22.4 Å². The van der Waals surface area contributed by atoms with Crippen LogP contribution in [0.1, 0.15) is 51.1 Å². The maximum Gasteiger partial charge on any atom is 0.0356 e. The number of hydrogen-bond donors (Lipinski definition) is 1. The van der Waals surface area contributed by atoms with Gasteiger partial charge in [0.2, 0.25) is 0 Å². The molecule has 1 aromatic heterocycles.